The van der Waals surface area contributed by atoms with Gasteiger partial charge in [-0.15, -0.1) is 0 Å². The van der Waals surface area contributed by atoms with Crippen LogP contribution in [0.5, 0.6) is 0 Å². The van der Waals surface area contributed by atoms with E-state index < -0.39 is 0 Å². The zero-order chi connectivity index (χ0) is 16.9. The summed E-state index contributed by atoms with van der Waals surface area (Å²) in [4.78, 5) is 7.66. The second-order valence-electron chi connectivity index (χ2n) is 7.58. The molecule has 0 radical (unpaired) electrons. The molecule has 2 heterocycles. The first kappa shape index (κ1) is 17.9. The van der Waals surface area contributed by atoms with E-state index in [9.17, 15) is 5.11 Å². The molecule has 0 aliphatic carbocycles. The number of rotatable bonds is 6. The summed E-state index contributed by atoms with van der Waals surface area (Å²) >= 11 is 0. The van der Waals surface area contributed by atoms with E-state index in [1.54, 1.807) is 0 Å². The second-order valence-corrected chi connectivity index (χ2v) is 7.58. The number of likely N-dealkylation sites (tertiary alicyclic amines) is 1. The molecule has 1 aromatic carbocycles. The predicted molar refractivity (Wildman–Crippen MR) is 99.1 cm³/mol. The van der Waals surface area contributed by atoms with Crippen molar-refractivity contribution in [1.82, 2.24) is 14.7 Å². The molecule has 1 aromatic rings. The lowest BCUT2D eigenvalue weighted by Crippen LogP contribution is -2.50. The summed E-state index contributed by atoms with van der Waals surface area (Å²) in [6.07, 6.45) is 2.34. The highest BCUT2D eigenvalue weighted by Gasteiger charge is 2.27. The number of hydrogen-bond acceptors (Lipinski definition) is 4. The van der Waals surface area contributed by atoms with Crippen LogP contribution in [0.25, 0.3) is 0 Å². The molecule has 3 rings (SSSR count). The SMILES string of the molecule is CC1CCC(C)N1CCN1CCN(CC(O)c2ccccc2)CC1. The molecule has 134 valence electrons. The van der Waals surface area contributed by atoms with Gasteiger partial charge in [0.2, 0.25) is 0 Å². The van der Waals surface area contributed by atoms with Crippen LogP contribution in [0.15, 0.2) is 30.3 Å². The monoisotopic (exact) mass is 331 g/mol. The van der Waals surface area contributed by atoms with E-state index in [1.165, 1.54) is 25.9 Å². The van der Waals surface area contributed by atoms with Gasteiger partial charge >= 0.3 is 0 Å². The first-order valence-electron chi connectivity index (χ1n) is 9.57. The molecule has 2 aliphatic heterocycles. The maximum Gasteiger partial charge on any atom is 0.0916 e. The minimum Gasteiger partial charge on any atom is -0.387 e. The third-order valence-electron chi connectivity index (χ3n) is 5.89. The van der Waals surface area contributed by atoms with Crippen LogP contribution in [0.4, 0.5) is 0 Å². The van der Waals surface area contributed by atoms with Crippen molar-refractivity contribution in [3.8, 4) is 0 Å². The molecule has 4 nitrogen and oxygen atoms in total. The number of aliphatic hydroxyl groups is 1. The largest absolute Gasteiger partial charge is 0.387 e. The van der Waals surface area contributed by atoms with Crippen molar-refractivity contribution < 1.29 is 5.11 Å². The van der Waals surface area contributed by atoms with Crippen molar-refractivity contribution in [1.29, 1.82) is 0 Å². The molecular formula is C20H33N3O. The normalized spacial score (nSPS) is 28.3. The topological polar surface area (TPSA) is 30.0 Å². The van der Waals surface area contributed by atoms with Crippen LogP contribution < -0.4 is 0 Å². The molecule has 2 saturated heterocycles. The lowest BCUT2D eigenvalue weighted by atomic mass is 10.1. The van der Waals surface area contributed by atoms with Gasteiger partial charge < -0.3 is 5.11 Å². The van der Waals surface area contributed by atoms with E-state index in [2.05, 4.69) is 28.5 Å². The number of piperazine rings is 1. The molecule has 24 heavy (non-hydrogen) atoms. The Morgan fingerprint density at radius 3 is 2.12 bits per heavy atom. The number of β-amino-alcohol motifs (C(OH)–C–C–N with tert-alkyl or cyclic N) is 1. The molecule has 0 saturated carbocycles. The Morgan fingerprint density at radius 1 is 0.917 bits per heavy atom. The fourth-order valence-corrected chi connectivity index (χ4v) is 4.17. The first-order valence-corrected chi connectivity index (χ1v) is 9.57. The highest BCUT2D eigenvalue weighted by atomic mass is 16.3. The highest BCUT2D eigenvalue weighted by molar-refractivity contribution is 5.17. The Kier molecular flexibility index (Phi) is 6.28. The Morgan fingerprint density at radius 2 is 1.50 bits per heavy atom. The molecule has 2 aliphatic rings. The average Bonchev–Trinajstić information content (AvgIpc) is 2.93. The molecule has 0 spiro atoms. The van der Waals surface area contributed by atoms with Crippen LogP contribution in [-0.2, 0) is 0 Å². The molecule has 3 atom stereocenters. The standard InChI is InChI=1S/C20H33N3O/c1-17-8-9-18(2)23(17)15-14-21-10-12-22(13-11-21)16-20(24)19-6-4-3-5-7-19/h3-7,17-18,20,24H,8-16H2,1-2H3. The van der Waals surface area contributed by atoms with E-state index in [0.717, 1.165) is 50.4 Å². The van der Waals surface area contributed by atoms with Gasteiger partial charge in [-0.25, -0.2) is 0 Å². The van der Waals surface area contributed by atoms with Crippen molar-refractivity contribution >= 4 is 0 Å². The summed E-state index contributed by atoms with van der Waals surface area (Å²) in [5.74, 6) is 0. The van der Waals surface area contributed by atoms with E-state index in [-0.39, 0.29) is 6.10 Å². The van der Waals surface area contributed by atoms with Gasteiger partial charge in [-0.3, -0.25) is 14.7 Å². The van der Waals surface area contributed by atoms with Gasteiger partial charge in [0, 0.05) is 57.9 Å². The van der Waals surface area contributed by atoms with Crippen molar-refractivity contribution in [3.63, 3.8) is 0 Å². The Hall–Kier alpha value is -0.940. The van der Waals surface area contributed by atoms with E-state index in [0.29, 0.717) is 0 Å². The van der Waals surface area contributed by atoms with Gasteiger partial charge in [-0.2, -0.15) is 0 Å². The summed E-state index contributed by atoms with van der Waals surface area (Å²) in [7, 11) is 0. The molecule has 0 amide bonds. The zero-order valence-electron chi connectivity index (χ0n) is 15.3. The molecule has 0 aromatic heterocycles. The lowest BCUT2D eigenvalue weighted by Gasteiger charge is -2.37. The lowest BCUT2D eigenvalue weighted by molar-refractivity contribution is 0.0661. The minimum absolute atomic E-state index is 0.371. The van der Waals surface area contributed by atoms with Crippen LogP contribution in [0.3, 0.4) is 0 Å². The Bertz CT molecular complexity index is 477. The smallest absolute Gasteiger partial charge is 0.0916 e. The summed E-state index contributed by atoms with van der Waals surface area (Å²) in [5.41, 5.74) is 1.02. The van der Waals surface area contributed by atoms with Crippen LogP contribution in [0.1, 0.15) is 38.4 Å². The fraction of sp³-hybridized carbons (Fsp3) is 0.700. The third-order valence-corrected chi connectivity index (χ3v) is 5.89. The van der Waals surface area contributed by atoms with Gasteiger partial charge in [0.1, 0.15) is 0 Å². The number of nitrogens with zero attached hydrogens (tertiary/aromatic N) is 3. The summed E-state index contributed by atoms with van der Waals surface area (Å²) in [5, 5.41) is 10.4. The minimum atomic E-state index is -0.371. The Labute approximate surface area is 147 Å². The van der Waals surface area contributed by atoms with Crippen molar-refractivity contribution in [2.24, 2.45) is 0 Å². The molecule has 2 fully saturated rings. The van der Waals surface area contributed by atoms with Crippen LogP contribution in [0.2, 0.25) is 0 Å². The average molecular weight is 332 g/mol. The predicted octanol–water partition coefficient (Wildman–Crippen LogP) is 2.21. The van der Waals surface area contributed by atoms with Crippen molar-refractivity contribution in [3.05, 3.63) is 35.9 Å². The van der Waals surface area contributed by atoms with Gasteiger partial charge in [0.25, 0.3) is 0 Å². The number of hydrogen-bond donors (Lipinski definition) is 1. The van der Waals surface area contributed by atoms with Gasteiger partial charge in [0.15, 0.2) is 0 Å². The Balaban J connectivity index is 1.38. The van der Waals surface area contributed by atoms with Crippen molar-refractivity contribution in [2.75, 3.05) is 45.8 Å². The van der Waals surface area contributed by atoms with Gasteiger partial charge in [-0.1, -0.05) is 30.3 Å². The van der Waals surface area contributed by atoms with Crippen LogP contribution in [0, 0.1) is 0 Å². The summed E-state index contributed by atoms with van der Waals surface area (Å²) < 4.78 is 0. The summed E-state index contributed by atoms with van der Waals surface area (Å²) in [6, 6.07) is 11.5. The van der Waals surface area contributed by atoms with Gasteiger partial charge in [0.05, 0.1) is 6.10 Å². The summed E-state index contributed by atoms with van der Waals surface area (Å²) in [6.45, 7) is 12.2. The fourth-order valence-electron chi connectivity index (χ4n) is 4.17. The van der Waals surface area contributed by atoms with E-state index in [4.69, 9.17) is 0 Å². The van der Waals surface area contributed by atoms with E-state index >= 15 is 0 Å². The van der Waals surface area contributed by atoms with E-state index in [1.807, 2.05) is 30.3 Å². The molecular weight excluding hydrogens is 298 g/mol. The van der Waals surface area contributed by atoms with Crippen LogP contribution in [-0.4, -0.2) is 77.7 Å². The quantitative estimate of drug-likeness (QED) is 0.866. The van der Waals surface area contributed by atoms with Crippen LogP contribution >= 0.6 is 0 Å². The second kappa shape index (κ2) is 8.43. The first-order chi connectivity index (χ1) is 11.6. The molecule has 4 heteroatoms. The molecule has 1 N–H and O–H groups in total. The number of aliphatic hydroxyl groups excluding tert-OH is 1. The third kappa shape index (κ3) is 4.57. The molecule has 0 bridgehead atoms. The molecule has 3 unspecified atom stereocenters. The number of benzene rings is 1. The zero-order valence-corrected chi connectivity index (χ0v) is 15.3. The van der Waals surface area contributed by atoms with Crippen molar-refractivity contribution in [2.45, 2.75) is 44.9 Å². The highest BCUT2D eigenvalue weighted by Crippen LogP contribution is 2.23. The maximum absolute atomic E-state index is 10.4. The van der Waals surface area contributed by atoms with Gasteiger partial charge in [-0.05, 0) is 32.3 Å². The maximum atomic E-state index is 10.4.